The Bertz CT molecular complexity index is 1260. The zero-order chi connectivity index (χ0) is 22.7. The van der Waals surface area contributed by atoms with Crippen molar-refractivity contribution in [3.8, 4) is 0 Å². The minimum atomic E-state index is -3.69. The lowest BCUT2D eigenvalue weighted by atomic mass is 10.1. The summed E-state index contributed by atoms with van der Waals surface area (Å²) in [7, 11) is -3.69. The number of nitrogens with one attached hydrogen (secondary N) is 2. The fourth-order valence-electron chi connectivity index (χ4n) is 3.22. The van der Waals surface area contributed by atoms with E-state index in [1.807, 2.05) is 25.1 Å². The fourth-order valence-corrected chi connectivity index (χ4v) is 4.27. The van der Waals surface area contributed by atoms with Gasteiger partial charge in [-0.05, 0) is 67.7 Å². The van der Waals surface area contributed by atoms with Gasteiger partial charge in [-0.3, -0.25) is 9.52 Å². The Kier molecular flexibility index (Phi) is 6.14. The van der Waals surface area contributed by atoms with Crippen molar-refractivity contribution in [3.63, 3.8) is 0 Å². The molecule has 8 heteroatoms. The van der Waals surface area contributed by atoms with Crippen LogP contribution in [0.3, 0.4) is 0 Å². The molecule has 3 aromatic rings. The zero-order valence-corrected chi connectivity index (χ0v) is 18.8. The van der Waals surface area contributed by atoms with E-state index in [-0.39, 0.29) is 16.7 Å². The van der Waals surface area contributed by atoms with Crippen LogP contribution in [0.4, 0.5) is 11.4 Å². The molecule has 0 spiro atoms. The quantitative estimate of drug-likeness (QED) is 0.509. The second-order valence-corrected chi connectivity index (χ2v) is 9.51. The van der Waals surface area contributed by atoms with Gasteiger partial charge in [0, 0.05) is 11.6 Å². The van der Waals surface area contributed by atoms with Crippen LogP contribution >= 0.6 is 0 Å². The Morgan fingerprint density at radius 3 is 2.59 bits per heavy atom. The first-order valence-electron chi connectivity index (χ1n) is 10.5. The molecule has 0 aliphatic heterocycles. The lowest BCUT2D eigenvalue weighted by Crippen LogP contribution is -2.14. The van der Waals surface area contributed by atoms with E-state index in [0.29, 0.717) is 22.8 Å². The minimum absolute atomic E-state index is 0.0162. The summed E-state index contributed by atoms with van der Waals surface area (Å²) >= 11 is 0. The van der Waals surface area contributed by atoms with Gasteiger partial charge in [0.2, 0.25) is 5.91 Å². The molecule has 2 aromatic carbocycles. The summed E-state index contributed by atoms with van der Waals surface area (Å²) in [6, 6.07) is 13.9. The molecule has 1 fully saturated rings. The van der Waals surface area contributed by atoms with Gasteiger partial charge in [-0.25, -0.2) is 8.42 Å². The molecule has 1 heterocycles. The number of benzene rings is 2. The number of hydrogen-bond acceptors (Lipinski definition) is 5. The van der Waals surface area contributed by atoms with Gasteiger partial charge in [0.05, 0.1) is 4.90 Å². The molecular formula is C24H25N3O4S. The Morgan fingerprint density at radius 1 is 1.16 bits per heavy atom. The zero-order valence-electron chi connectivity index (χ0n) is 18.0. The topological polar surface area (TPSA) is 101 Å². The molecule has 0 atom stereocenters. The van der Waals surface area contributed by atoms with Gasteiger partial charge < -0.3 is 9.84 Å². The van der Waals surface area contributed by atoms with Crippen molar-refractivity contribution in [3.05, 3.63) is 71.1 Å². The summed E-state index contributed by atoms with van der Waals surface area (Å²) in [5.74, 6) is 0.511. The Hall–Kier alpha value is -3.39. The van der Waals surface area contributed by atoms with Crippen LogP contribution in [0.25, 0.3) is 12.2 Å². The van der Waals surface area contributed by atoms with Gasteiger partial charge in [0.15, 0.2) is 5.76 Å². The van der Waals surface area contributed by atoms with Gasteiger partial charge >= 0.3 is 0 Å². The number of rotatable bonds is 8. The van der Waals surface area contributed by atoms with Crippen molar-refractivity contribution in [2.45, 2.75) is 38.0 Å². The molecule has 1 aromatic heterocycles. The maximum absolute atomic E-state index is 12.7. The molecule has 0 bridgehead atoms. The number of carbonyl (C=O) groups excluding carboxylic acids is 1. The van der Waals surface area contributed by atoms with Crippen LogP contribution in [0.5, 0.6) is 0 Å². The van der Waals surface area contributed by atoms with Crippen molar-refractivity contribution in [1.29, 1.82) is 0 Å². The summed E-state index contributed by atoms with van der Waals surface area (Å²) in [6.07, 6.45) is 6.14. The molecule has 1 saturated carbocycles. The smallest absolute Gasteiger partial charge is 0.261 e. The van der Waals surface area contributed by atoms with Crippen LogP contribution in [-0.4, -0.2) is 19.5 Å². The lowest BCUT2D eigenvalue weighted by molar-refractivity contribution is -0.117. The first-order chi connectivity index (χ1) is 15.4. The van der Waals surface area contributed by atoms with E-state index in [1.54, 1.807) is 49.4 Å². The average Bonchev–Trinajstić information content (AvgIpc) is 3.58. The number of amides is 1. The SMILES string of the molecule is CCc1cccc(NS(=O)(=O)c2ccc(C=Cc3onc(C)c3NC(=O)C3CC3)cc2)c1. The molecular weight excluding hydrogens is 426 g/mol. The number of aryl methyl sites for hydroxylation is 2. The van der Waals surface area contributed by atoms with E-state index < -0.39 is 10.0 Å². The summed E-state index contributed by atoms with van der Waals surface area (Å²) < 4.78 is 33.4. The Balaban J connectivity index is 1.47. The molecule has 2 N–H and O–H groups in total. The van der Waals surface area contributed by atoms with Gasteiger partial charge in [-0.15, -0.1) is 0 Å². The first-order valence-corrected chi connectivity index (χ1v) is 12.0. The van der Waals surface area contributed by atoms with E-state index in [0.717, 1.165) is 30.4 Å². The number of hydrogen-bond donors (Lipinski definition) is 2. The third-order valence-corrected chi connectivity index (χ3v) is 6.69. The fraction of sp³-hybridized carbons (Fsp3) is 0.250. The highest BCUT2D eigenvalue weighted by atomic mass is 32.2. The van der Waals surface area contributed by atoms with Crippen LogP contribution in [0.1, 0.15) is 42.3 Å². The molecule has 0 radical (unpaired) electrons. The van der Waals surface area contributed by atoms with Crippen LogP contribution in [-0.2, 0) is 21.2 Å². The van der Waals surface area contributed by atoms with E-state index in [4.69, 9.17) is 4.52 Å². The third-order valence-electron chi connectivity index (χ3n) is 5.29. The highest BCUT2D eigenvalue weighted by Crippen LogP contribution is 2.32. The molecule has 1 aliphatic rings. The van der Waals surface area contributed by atoms with Crippen LogP contribution in [0.15, 0.2) is 57.9 Å². The number of nitrogens with zero attached hydrogens (tertiary/aromatic N) is 1. The van der Waals surface area contributed by atoms with Crippen LogP contribution in [0, 0.1) is 12.8 Å². The molecule has 0 saturated heterocycles. The number of aromatic nitrogens is 1. The van der Waals surface area contributed by atoms with Gasteiger partial charge in [0.1, 0.15) is 11.4 Å². The van der Waals surface area contributed by atoms with Gasteiger partial charge in [-0.1, -0.05) is 42.4 Å². The molecule has 4 rings (SSSR count). The summed E-state index contributed by atoms with van der Waals surface area (Å²) in [5, 5.41) is 6.81. The Labute approximate surface area is 187 Å². The third kappa shape index (κ3) is 5.08. The second-order valence-electron chi connectivity index (χ2n) is 7.83. The highest BCUT2D eigenvalue weighted by Gasteiger charge is 2.30. The molecule has 1 aliphatic carbocycles. The van der Waals surface area contributed by atoms with Crippen LogP contribution in [0.2, 0.25) is 0 Å². The standard InChI is InChI=1S/C24H25N3O4S/c1-3-17-5-4-6-20(15-17)27-32(29,30)21-12-7-18(8-13-21)9-14-22-23(16(2)26-31-22)25-24(28)19-10-11-19/h4-9,12-15,19,27H,3,10-11H2,1-2H3,(H,25,28). The molecule has 0 unspecified atom stereocenters. The van der Waals surface area contributed by atoms with Gasteiger partial charge in [0.25, 0.3) is 10.0 Å². The summed E-state index contributed by atoms with van der Waals surface area (Å²) in [4.78, 5) is 12.3. The predicted octanol–water partition coefficient (Wildman–Crippen LogP) is 4.87. The van der Waals surface area contributed by atoms with Crippen molar-refractivity contribution in [1.82, 2.24) is 5.16 Å². The summed E-state index contributed by atoms with van der Waals surface area (Å²) in [5.41, 5.74) is 3.55. The molecule has 1 amide bonds. The monoisotopic (exact) mass is 451 g/mol. The maximum atomic E-state index is 12.7. The van der Waals surface area contributed by atoms with E-state index in [1.165, 1.54) is 0 Å². The molecule has 32 heavy (non-hydrogen) atoms. The van der Waals surface area contributed by atoms with Crippen LogP contribution < -0.4 is 10.0 Å². The lowest BCUT2D eigenvalue weighted by Gasteiger charge is -2.09. The first kappa shape index (κ1) is 21.8. The number of carbonyl (C=O) groups is 1. The minimum Gasteiger partial charge on any atom is -0.354 e. The van der Waals surface area contributed by atoms with Crippen molar-refractivity contribution < 1.29 is 17.7 Å². The second kappa shape index (κ2) is 9.00. The number of sulfonamides is 1. The Morgan fingerprint density at radius 2 is 1.91 bits per heavy atom. The largest absolute Gasteiger partial charge is 0.354 e. The molecule has 166 valence electrons. The van der Waals surface area contributed by atoms with Crippen molar-refractivity contribution in [2.24, 2.45) is 5.92 Å². The van der Waals surface area contributed by atoms with Crippen molar-refractivity contribution in [2.75, 3.05) is 10.0 Å². The maximum Gasteiger partial charge on any atom is 0.261 e. The summed E-state index contributed by atoms with van der Waals surface area (Å²) in [6.45, 7) is 3.79. The average molecular weight is 452 g/mol. The van der Waals surface area contributed by atoms with E-state index >= 15 is 0 Å². The number of anilines is 2. The normalized spacial score (nSPS) is 13.9. The highest BCUT2D eigenvalue weighted by molar-refractivity contribution is 7.92. The molecule has 7 nitrogen and oxygen atoms in total. The van der Waals surface area contributed by atoms with Crippen molar-refractivity contribution >= 4 is 39.5 Å². The van der Waals surface area contributed by atoms with E-state index in [2.05, 4.69) is 15.2 Å². The van der Waals surface area contributed by atoms with Gasteiger partial charge in [-0.2, -0.15) is 0 Å². The van der Waals surface area contributed by atoms with E-state index in [9.17, 15) is 13.2 Å². The predicted molar refractivity (Wildman–Crippen MR) is 125 cm³/mol.